The molecule has 0 radical (unpaired) electrons. The molecule has 15 heteroatoms. The van der Waals surface area contributed by atoms with E-state index in [0.29, 0.717) is 52.5 Å². The molecule has 0 bridgehead atoms. The highest BCUT2D eigenvalue weighted by atomic mass is 16.5. The van der Waals surface area contributed by atoms with Crippen LogP contribution in [0.4, 0.5) is 17.2 Å². The molecule has 1 unspecified atom stereocenters. The summed E-state index contributed by atoms with van der Waals surface area (Å²) in [6.45, 7) is 25.9. The summed E-state index contributed by atoms with van der Waals surface area (Å²) in [6, 6.07) is 11.8. The van der Waals surface area contributed by atoms with E-state index in [2.05, 4.69) is 79.4 Å². The Kier molecular flexibility index (Phi) is 10.5. The molecule has 6 heterocycles. The summed E-state index contributed by atoms with van der Waals surface area (Å²) in [5, 5.41) is 6.71. The normalized spacial score (nSPS) is 23.7. The van der Waals surface area contributed by atoms with Gasteiger partial charge in [0.15, 0.2) is 0 Å². The van der Waals surface area contributed by atoms with Gasteiger partial charge in [0.1, 0.15) is 29.4 Å². The summed E-state index contributed by atoms with van der Waals surface area (Å²) < 4.78 is 6.64. The van der Waals surface area contributed by atoms with Gasteiger partial charge in [-0.1, -0.05) is 40.3 Å². The number of amides is 4. The molecule has 2 aromatic carbocycles. The van der Waals surface area contributed by atoms with E-state index < -0.39 is 28.7 Å². The maximum Gasteiger partial charge on any atom is 0.271 e. The van der Waals surface area contributed by atoms with Crippen LogP contribution in [-0.2, 0) is 4.79 Å². The predicted molar refractivity (Wildman–Crippen MR) is 234 cm³/mol. The Hall–Kier alpha value is -6.40. The van der Waals surface area contributed by atoms with Crippen LogP contribution in [0.15, 0.2) is 73.3 Å². The van der Waals surface area contributed by atoms with Gasteiger partial charge < -0.3 is 25.2 Å². The lowest BCUT2D eigenvalue weighted by Gasteiger charge is -2.63. The maximum absolute atomic E-state index is 13.6. The van der Waals surface area contributed by atoms with Crippen molar-refractivity contribution < 1.29 is 23.9 Å². The van der Waals surface area contributed by atoms with E-state index in [9.17, 15) is 19.2 Å². The SMILES string of the molecule is [C-]#[N+]c1ccc(OC2C(C)(C)C(NC(=O)c3cnc(N4CCC(CN5CCN(c6ccc7c(c6)C(=O)N(C6CCC(=C)NC6=O)C7=O)CC5)CC4)cn3)C2(C)C)c2cccnc12. The van der Waals surface area contributed by atoms with Crippen molar-refractivity contribution in [2.45, 2.75) is 71.6 Å². The topological polar surface area (TPSA) is 158 Å². The minimum Gasteiger partial charge on any atom is -0.489 e. The molecule has 3 saturated heterocycles. The molecule has 320 valence electrons. The number of ether oxygens (including phenoxy) is 1. The average Bonchev–Trinajstić information content (AvgIpc) is 3.52. The molecule has 62 heavy (non-hydrogen) atoms. The monoisotopic (exact) mass is 836 g/mol. The zero-order valence-corrected chi connectivity index (χ0v) is 35.7. The van der Waals surface area contributed by atoms with E-state index in [-0.39, 0.29) is 29.7 Å². The van der Waals surface area contributed by atoms with Crippen LogP contribution < -0.4 is 25.2 Å². The number of pyridine rings is 1. The first-order chi connectivity index (χ1) is 29.7. The van der Waals surface area contributed by atoms with Crippen LogP contribution in [0.3, 0.4) is 0 Å². The fourth-order valence-electron chi connectivity index (χ4n) is 10.7. The first-order valence-electron chi connectivity index (χ1n) is 21.5. The van der Waals surface area contributed by atoms with E-state index >= 15 is 0 Å². The molecular weight excluding hydrogens is 785 g/mol. The van der Waals surface area contributed by atoms with Crippen molar-refractivity contribution in [3.8, 4) is 5.75 Å². The smallest absolute Gasteiger partial charge is 0.271 e. The van der Waals surface area contributed by atoms with Gasteiger partial charge in [-0.2, -0.15) is 0 Å². The van der Waals surface area contributed by atoms with E-state index in [1.807, 2.05) is 30.3 Å². The molecule has 4 aromatic rings. The molecule has 1 saturated carbocycles. The lowest BCUT2D eigenvalue weighted by Crippen LogP contribution is -2.74. The molecule has 9 rings (SSSR count). The second-order valence-electron chi connectivity index (χ2n) is 18.5. The van der Waals surface area contributed by atoms with Crippen molar-refractivity contribution in [1.29, 1.82) is 0 Å². The average molecular weight is 837 g/mol. The van der Waals surface area contributed by atoms with Crippen LogP contribution in [0.2, 0.25) is 0 Å². The van der Waals surface area contributed by atoms with Crippen LogP contribution in [0.5, 0.6) is 5.75 Å². The lowest BCUT2D eigenvalue weighted by molar-refractivity contribution is -0.163. The molecule has 5 aliphatic rings. The van der Waals surface area contributed by atoms with Crippen molar-refractivity contribution in [2.75, 3.05) is 55.6 Å². The first kappa shape index (κ1) is 41.0. The fourth-order valence-corrected chi connectivity index (χ4v) is 10.7. The van der Waals surface area contributed by atoms with Crippen LogP contribution in [-0.4, -0.2) is 112 Å². The molecule has 4 amide bonds. The number of carbonyl (C=O) groups is 4. The third-order valence-electron chi connectivity index (χ3n) is 13.8. The van der Waals surface area contributed by atoms with E-state index in [4.69, 9.17) is 11.3 Å². The molecule has 2 N–H and O–H groups in total. The number of aromatic nitrogens is 3. The highest BCUT2D eigenvalue weighted by molar-refractivity contribution is 6.23. The molecule has 0 spiro atoms. The summed E-state index contributed by atoms with van der Waals surface area (Å²) in [7, 11) is 0. The Labute approximate surface area is 361 Å². The highest BCUT2D eigenvalue weighted by Gasteiger charge is 2.64. The molecule has 15 nitrogen and oxygen atoms in total. The minimum atomic E-state index is -0.822. The number of allylic oxidation sites excluding steroid dienone is 1. The van der Waals surface area contributed by atoms with E-state index in [1.165, 1.54) is 0 Å². The van der Waals surface area contributed by atoms with Crippen molar-refractivity contribution >= 4 is 51.7 Å². The van der Waals surface area contributed by atoms with Gasteiger partial charge in [-0.05, 0) is 68.0 Å². The molecule has 2 aromatic heterocycles. The van der Waals surface area contributed by atoms with Gasteiger partial charge in [0.05, 0.1) is 35.6 Å². The van der Waals surface area contributed by atoms with Gasteiger partial charge in [-0.15, -0.1) is 0 Å². The van der Waals surface area contributed by atoms with Gasteiger partial charge in [0.2, 0.25) is 11.6 Å². The van der Waals surface area contributed by atoms with Crippen molar-refractivity contribution in [3.63, 3.8) is 0 Å². The van der Waals surface area contributed by atoms with Crippen LogP contribution in [0.25, 0.3) is 15.7 Å². The Morgan fingerprint density at radius 1 is 0.903 bits per heavy atom. The van der Waals surface area contributed by atoms with Crippen LogP contribution >= 0.6 is 0 Å². The summed E-state index contributed by atoms with van der Waals surface area (Å²) in [5.41, 5.74) is 2.78. The number of hydrogen-bond donors (Lipinski definition) is 2. The quantitative estimate of drug-likeness (QED) is 0.160. The van der Waals surface area contributed by atoms with Crippen molar-refractivity contribution in [2.24, 2.45) is 16.7 Å². The molecule has 4 fully saturated rings. The van der Waals surface area contributed by atoms with Gasteiger partial charge in [0, 0.05) is 85.7 Å². The van der Waals surface area contributed by atoms with E-state index in [1.54, 1.807) is 30.7 Å². The number of anilines is 2. The lowest BCUT2D eigenvalue weighted by atomic mass is 9.49. The Morgan fingerprint density at radius 3 is 2.34 bits per heavy atom. The zero-order chi connectivity index (χ0) is 43.5. The Morgan fingerprint density at radius 2 is 1.65 bits per heavy atom. The van der Waals surface area contributed by atoms with Gasteiger partial charge in [-0.3, -0.25) is 34.0 Å². The molecule has 1 aliphatic carbocycles. The van der Waals surface area contributed by atoms with Crippen LogP contribution in [0.1, 0.15) is 84.6 Å². The summed E-state index contributed by atoms with van der Waals surface area (Å²) >= 11 is 0. The number of nitrogens with zero attached hydrogens (tertiary/aromatic N) is 8. The number of hydrogen-bond acceptors (Lipinski definition) is 11. The third kappa shape index (κ3) is 7.19. The fraction of sp³-hybridized carbons (Fsp3) is 0.447. The summed E-state index contributed by atoms with van der Waals surface area (Å²) in [4.78, 5) is 78.2. The van der Waals surface area contributed by atoms with Crippen LogP contribution in [0, 0.1) is 23.3 Å². The second-order valence-corrected chi connectivity index (χ2v) is 18.5. The standard InChI is InChI=1S/C47H52N10O5/c1-28-9-13-36(41(59)52-28)57-42(60)31-11-10-30(24-33(31)43(57)61)55-22-20-54(21-23-55)27-29-15-18-56(19-16-29)38-26-50-35(25-51-38)40(58)53-44-46(2,3)45(47(44,4)5)62-37-14-12-34(48-6)39-32(37)8-7-17-49-39/h7-8,10-12,14,17,24-26,29,36,44-45H,1,9,13,15-16,18-23,27H2,2-5H3,(H,52,59)(H,53,58). The number of rotatable bonds is 9. The number of carbonyl (C=O) groups excluding carboxylic acids is 4. The number of imide groups is 1. The number of fused-ring (bicyclic) bond motifs is 2. The third-order valence-corrected chi connectivity index (χ3v) is 13.8. The highest BCUT2D eigenvalue weighted by Crippen LogP contribution is 2.56. The predicted octanol–water partition coefficient (Wildman–Crippen LogP) is 5.61. The van der Waals surface area contributed by atoms with E-state index in [0.717, 1.165) is 80.4 Å². The summed E-state index contributed by atoms with van der Waals surface area (Å²) in [6.07, 6.45) is 7.70. The number of piperazine rings is 1. The van der Waals surface area contributed by atoms with Crippen molar-refractivity contribution in [1.82, 2.24) is 35.4 Å². The van der Waals surface area contributed by atoms with Gasteiger partial charge >= 0.3 is 0 Å². The Bertz CT molecular complexity index is 2500. The first-order valence-corrected chi connectivity index (χ1v) is 21.5. The largest absolute Gasteiger partial charge is 0.489 e. The summed E-state index contributed by atoms with van der Waals surface area (Å²) in [5.74, 6) is 0.524. The number of benzene rings is 2. The Balaban J connectivity index is 0.740. The number of piperidine rings is 2. The van der Waals surface area contributed by atoms with Gasteiger partial charge in [-0.25, -0.2) is 14.8 Å². The maximum atomic E-state index is 13.6. The zero-order valence-electron chi connectivity index (χ0n) is 35.7. The molecule has 4 aliphatic heterocycles. The second kappa shape index (κ2) is 15.8. The number of nitrogens with one attached hydrogen (secondary N) is 2. The van der Waals surface area contributed by atoms with Crippen molar-refractivity contribution in [3.05, 3.63) is 102 Å². The minimum absolute atomic E-state index is 0.189. The molecular formula is C47H52N10O5. The van der Waals surface area contributed by atoms with Gasteiger partial charge in [0.25, 0.3) is 17.7 Å². The molecule has 1 atom stereocenters.